The van der Waals surface area contributed by atoms with Crippen LogP contribution in [0.3, 0.4) is 0 Å². The van der Waals surface area contributed by atoms with Gasteiger partial charge in [0.05, 0.1) is 17.1 Å². The number of anilines is 3. The minimum Gasteiger partial charge on any atom is -0.383 e. The van der Waals surface area contributed by atoms with Crippen LogP contribution in [0.2, 0.25) is 0 Å². The largest absolute Gasteiger partial charge is 0.383 e. The maximum atomic E-state index is 10.7. The Balaban J connectivity index is 2.31. The molecule has 6 nitrogen and oxygen atoms in total. The summed E-state index contributed by atoms with van der Waals surface area (Å²) in [4.78, 5) is 14.2. The van der Waals surface area contributed by atoms with Crippen molar-refractivity contribution in [2.24, 2.45) is 0 Å². The van der Waals surface area contributed by atoms with Crippen LogP contribution in [0.15, 0.2) is 36.4 Å². The molecule has 1 aromatic heterocycles. The number of aromatic nitrogens is 1. The van der Waals surface area contributed by atoms with Gasteiger partial charge in [0.2, 0.25) is 0 Å². The van der Waals surface area contributed by atoms with Crippen molar-refractivity contribution in [3.8, 4) is 0 Å². The molecule has 1 heterocycles. The van der Waals surface area contributed by atoms with Crippen molar-refractivity contribution in [1.82, 2.24) is 4.98 Å². The van der Waals surface area contributed by atoms with Crippen molar-refractivity contribution < 1.29 is 4.92 Å². The first-order chi connectivity index (χ1) is 8.54. The maximum Gasteiger partial charge on any atom is 0.276 e. The van der Waals surface area contributed by atoms with Gasteiger partial charge >= 0.3 is 0 Å². The molecule has 0 radical (unpaired) electrons. The molecule has 1 aromatic carbocycles. The third-order valence-electron chi connectivity index (χ3n) is 2.33. The average molecular weight is 244 g/mol. The van der Waals surface area contributed by atoms with Crippen LogP contribution in [-0.4, -0.2) is 9.91 Å². The van der Waals surface area contributed by atoms with E-state index in [2.05, 4.69) is 10.3 Å². The van der Waals surface area contributed by atoms with E-state index in [0.717, 1.165) is 11.3 Å². The molecule has 92 valence electrons. The molecule has 0 aliphatic heterocycles. The highest BCUT2D eigenvalue weighted by Gasteiger charge is 2.09. The Morgan fingerprint density at radius 1 is 1.33 bits per heavy atom. The number of nitrogen functional groups attached to an aromatic ring is 1. The number of pyridine rings is 1. The standard InChI is InChI=1S/C12H12N4O2/c1-8-3-2-4-9(5-8)14-12-7-10(16(17)18)6-11(13)15-12/h2-7H,1H3,(H3,13,14,15). The number of aryl methyl sites for hydroxylation is 1. The Morgan fingerprint density at radius 2 is 2.11 bits per heavy atom. The molecule has 6 heteroatoms. The van der Waals surface area contributed by atoms with Gasteiger partial charge in [0.25, 0.3) is 5.69 Å². The molecule has 0 fully saturated rings. The zero-order valence-electron chi connectivity index (χ0n) is 9.75. The smallest absolute Gasteiger partial charge is 0.276 e. The van der Waals surface area contributed by atoms with E-state index in [-0.39, 0.29) is 11.5 Å². The molecule has 0 amide bonds. The van der Waals surface area contributed by atoms with Crippen LogP contribution in [0.5, 0.6) is 0 Å². The topological polar surface area (TPSA) is 94.1 Å². The number of nitrogens with two attached hydrogens (primary N) is 1. The molecule has 0 saturated heterocycles. The van der Waals surface area contributed by atoms with Gasteiger partial charge in [-0.15, -0.1) is 0 Å². The van der Waals surface area contributed by atoms with E-state index < -0.39 is 4.92 Å². The third-order valence-corrected chi connectivity index (χ3v) is 2.33. The van der Waals surface area contributed by atoms with E-state index in [1.165, 1.54) is 12.1 Å². The lowest BCUT2D eigenvalue weighted by Crippen LogP contribution is -2.00. The Kier molecular flexibility index (Phi) is 3.09. The van der Waals surface area contributed by atoms with Gasteiger partial charge in [-0.3, -0.25) is 10.1 Å². The number of hydrogen-bond acceptors (Lipinski definition) is 5. The summed E-state index contributed by atoms with van der Waals surface area (Å²) >= 11 is 0. The summed E-state index contributed by atoms with van der Waals surface area (Å²) in [7, 11) is 0. The van der Waals surface area contributed by atoms with Gasteiger partial charge in [-0.05, 0) is 24.6 Å². The first-order valence-electron chi connectivity index (χ1n) is 5.30. The van der Waals surface area contributed by atoms with Gasteiger partial charge < -0.3 is 11.1 Å². The normalized spacial score (nSPS) is 10.1. The summed E-state index contributed by atoms with van der Waals surface area (Å²) in [6, 6.07) is 10.2. The molecular formula is C12H12N4O2. The number of nitro groups is 1. The number of hydrogen-bond donors (Lipinski definition) is 2. The highest BCUT2D eigenvalue weighted by Crippen LogP contribution is 2.22. The third kappa shape index (κ3) is 2.73. The maximum absolute atomic E-state index is 10.7. The summed E-state index contributed by atoms with van der Waals surface area (Å²) in [5.74, 6) is 0.464. The van der Waals surface area contributed by atoms with Crippen LogP contribution in [-0.2, 0) is 0 Å². The van der Waals surface area contributed by atoms with Crippen molar-refractivity contribution in [3.63, 3.8) is 0 Å². The second-order valence-electron chi connectivity index (χ2n) is 3.89. The highest BCUT2D eigenvalue weighted by atomic mass is 16.6. The molecular weight excluding hydrogens is 232 g/mol. The lowest BCUT2D eigenvalue weighted by Gasteiger charge is -2.06. The van der Waals surface area contributed by atoms with Crippen LogP contribution >= 0.6 is 0 Å². The number of rotatable bonds is 3. The van der Waals surface area contributed by atoms with Crippen LogP contribution < -0.4 is 11.1 Å². The van der Waals surface area contributed by atoms with Crippen molar-refractivity contribution in [2.75, 3.05) is 11.1 Å². The lowest BCUT2D eigenvalue weighted by atomic mass is 10.2. The zero-order chi connectivity index (χ0) is 13.1. The van der Waals surface area contributed by atoms with Crippen molar-refractivity contribution in [2.45, 2.75) is 6.92 Å². The molecule has 0 atom stereocenters. The molecule has 0 aliphatic carbocycles. The number of benzene rings is 1. The van der Waals surface area contributed by atoms with Crippen molar-refractivity contribution in [3.05, 3.63) is 52.1 Å². The van der Waals surface area contributed by atoms with Gasteiger partial charge in [-0.1, -0.05) is 12.1 Å². The summed E-state index contributed by atoms with van der Waals surface area (Å²) in [5, 5.41) is 13.7. The van der Waals surface area contributed by atoms with E-state index in [4.69, 9.17) is 5.73 Å². The zero-order valence-corrected chi connectivity index (χ0v) is 9.75. The molecule has 0 unspecified atom stereocenters. The molecule has 2 rings (SSSR count). The fraction of sp³-hybridized carbons (Fsp3) is 0.0833. The van der Waals surface area contributed by atoms with E-state index in [9.17, 15) is 10.1 Å². The Bertz CT molecular complexity index is 598. The SMILES string of the molecule is Cc1cccc(Nc2cc([N+](=O)[O-])cc(N)n2)c1. The Labute approximate surface area is 104 Å². The van der Waals surface area contributed by atoms with Crippen molar-refractivity contribution >= 4 is 23.0 Å². The van der Waals surface area contributed by atoms with Gasteiger partial charge in [0, 0.05) is 5.69 Å². The van der Waals surface area contributed by atoms with E-state index >= 15 is 0 Å². The molecule has 0 bridgehead atoms. The van der Waals surface area contributed by atoms with E-state index in [1.807, 2.05) is 31.2 Å². The Morgan fingerprint density at radius 3 is 2.78 bits per heavy atom. The predicted octanol–water partition coefficient (Wildman–Crippen LogP) is 2.62. The molecule has 3 N–H and O–H groups in total. The quantitative estimate of drug-likeness (QED) is 0.639. The first kappa shape index (κ1) is 11.8. The minimum absolute atomic E-state index is 0.0855. The molecule has 2 aromatic rings. The second kappa shape index (κ2) is 4.70. The first-order valence-corrected chi connectivity index (χ1v) is 5.30. The van der Waals surface area contributed by atoms with Crippen LogP contribution in [0.25, 0.3) is 0 Å². The number of nitrogens with one attached hydrogen (secondary N) is 1. The van der Waals surface area contributed by atoms with Gasteiger partial charge in [-0.2, -0.15) is 0 Å². The second-order valence-corrected chi connectivity index (χ2v) is 3.89. The number of nitrogens with zero attached hydrogens (tertiary/aromatic N) is 2. The highest BCUT2D eigenvalue weighted by molar-refractivity contribution is 5.61. The molecule has 0 aliphatic rings. The van der Waals surface area contributed by atoms with Crippen LogP contribution in [0.4, 0.5) is 23.0 Å². The lowest BCUT2D eigenvalue weighted by molar-refractivity contribution is -0.384. The van der Waals surface area contributed by atoms with Crippen molar-refractivity contribution in [1.29, 1.82) is 0 Å². The van der Waals surface area contributed by atoms with Gasteiger partial charge in [-0.25, -0.2) is 4.98 Å². The molecule has 18 heavy (non-hydrogen) atoms. The fourth-order valence-electron chi connectivity index (χ4n) is 1.58. The summed E-state index contributed by atoms with van der Waals surface area (Å²) < 4.78 is 0. The van der Waals surface area contributed by atoms with Crippen LogP contribution in [0.1, 0.15) is 5.56 Å². The van der Waals surface area contributed by atoms with E-state index in [0.29, 0.717) is 5.82 Å². The van der Waals surface area contributed by atoms with E-state index in [1.54, 1.807) is 0 Å². The predicted molar refractivity (Wildman–Crippen MR) is 69.8 cm³/mol. The van der Waals surface area contributed by atoms with Gasteiger partial charge in [0.1, 0.15) is 11.6 Å². The van der Waals surface area contributed by atoms with Gasteiger partial charge in [0.15, 0.2) is 0 Å². The minimum atomic E-state index is -0.501. The summed E-state index contributed by atoms with van der Waals surface area (Å²) in [6.07, 6.45) is 0. The fourth-order valence-corrected chi connectivity index (χ4v) is 1.58. The monoisotopic (exact) mass is 244 g/mol. The summed E-state index contributed by atoms with van der Waals surface area (Å²) in [6.45, 7) is 1.96. The molecule has 0 spiro atoms. The summed E-state index contributed by atoms with van der Waals surface area (Å²) in [5.41, 5.74) is 7.33. The molecule has 0 saturated carbocycles. The average Bonchev–Trinajstić information content (AvgIpc) is 2.28. The van der Waals surface area contributed by atoms with Crippen LogP contribution in [0, 0.1) is 17.0 Å². The Hall–Kier alpha value is -2.63.